The van der Waals surface area contributed by atoms with Gasteiger partial charge >= 0.3 is 0 Å². The maximum Gasteiger partial charge on any atom is 0.255 e. The third kappa shape index (κ3) is 3.58. The van der Waals surface area contributed by atoms with Gasteiger partial charge in [-0.05, 0) is 30.3 Å². The molecule has 1 amide bonds. The van der Waals surface area contributed by atoms with Crippen LogP contribution >= 0.6 is 11.6 Å². The number of nitrogens with one attached hydrogen (secondary N) is 1. The minimum Gasteiger partial charge on any atom is -0.497 e. The molecule has 2 aromatic rings. The van der Waals surface area contributed by atoms with Gasteiger partial charge in [0.25, 0.3) is 5.91 Å². The van der Waals surface area contributed by atoms with Gasteiger partial charge in [0.1, 0.15) is 11.5 Å². The average Bonchev–Trinajstić information content (AvgIpc) is 2.46. The molecular weight excluding hydrogens is 292 g/mol. The van der Waals surface area contributed by atoms with E-state index in [1.54, 1.807) is 36.4 Å². The predicted octanol–water partition coefficient (Wildman–Crippen LogP) is 3.19. The molecule has 0 aliphatic rings. The monoisotopic (exact) mass is 306 g/mol. The highest BCUT2D eigenvalue weighted by Gasteiger charge is 2.12. The Morgan fingerprint density at radius 3 is 2.57 bits per heavy atom. The first-order valence-corrected chi connectivity index (χ1v) is 6.50. The molecule has 0 fully saturated rings. The van der Waals surface area contributed by atoms with Gasteiger partial charge in [0, 0.05) is 22.3 Å². The second-order valence-corrected chi connectivity index (χ2v) is 4.73. The molecule has 21 heavy (non-hydrogen) atoms. The van der Waals surface area contributed by atoms with Gasteiger partial charge in [0.2, 0.25) is 0 Å². The van der Waals surface area contributed by atoms with Crippen LogP contribution in [0.1, 0.15) is 10.4 Å². The highest BCUT2D eigenvalue weighted by Crippen LogP contribution is 2.28. The summed E-state index contributed by atoms with van der Waals surface area (Å²) in [6.45, 7) is 0. The SMILES string of the molecule is COc1cc(N)cc(C(=O)Nc2cc(Cl)ccc2OC)c1. The van der Waals surface area contributed by atoms with Gasteiger partial charge in [-0.15, -0.1) is 0 Å². The molecule has 2 aromatic carbocycles. The molecule has 0 atom stereocenters. The van der Waals surface area contributed by atoms with E-state index in [0.717, 1.165) is 0 Å². The van der Waals surface area contributed by atoms with Gasteiger partial charge in [-0.2, -0.15) is 0 Å². The minimum absolute atomic E-state index is 0.332. The molecule has 3 N–H and O–H groups in total. The number of nitrogens with two attached hydrogens (primary N) is 1. The molecule has 0 aliphatic heterocycles. The van der Waals surface area contributed by atoms with Crippen molar-refractivity contribution in [1.82, 2.24) is 0 Å². The summed E-state index contributed by atoms with van der Waals surface area (Å²) in [6.07, 6.45) is 0. The molecule has 110 valence electrons. The van der Waals surface area contributed by atoms with Gasteiger partial charge in [-0.25, -0.2) is 0 Å². The summed E-state index contributed by atoms with van der Waals surface area (Å²) < 4.78 is 10.3. The Hall–Kier alpha value is -2.40. The molecular formula is C15H15ClN2O3. The number of nitrogen functional groups attached to an aromatic ring is 1. The zero-order valence-electron chi connectivity index (χ0n) is 11.6. The third-order valence-corrected chi connectivity index (χ3v) is 3.07. The van der Waals surface area contributed by atoms with E-state index < -0.39 is 0 Å². The third-order valence-electron chi connectivity index (χ3n) is 2.84. The second-order valence-electron chi connectivity index (χ2n) is 4.29. The number of benzene rings is 2. The van der Waals surface area contributed by atoms with Crippen LogP contribution in [0, 0.1) is 0 Å². The summed E-state index contributed by atoms with van der Waals surface area (Å²) in [5, 5.41) is 3.23. The predicted molar refractivity (Wildman–Crippen MR) is 83.4 cm³/mol. The summed E-state index contributed by atoms with van der Waals surface area (Å²) in [4.78, 5) is 12.3. The van der Waals surface area contributed by atoms with Crippen molar-refractivity contribution in [1.29, 1.82) is 0 Å². The second kappa shape index (κ2) is 6.37. The first-order valence-electron chi connectivity index (χ1n) is 6.13. The topological polar surface area (TPSA) is 73.6 Å². The number of methoxy groups -OCH3 is 2. The van der Waals surface area contributed by atoms with Crippen LogP contribution in [0.4, 0.5) is 11.4 Å². The summed E-state index contributed by atoms with van der Waals surface area (Å²) >= 11 is 5.93. The molecule has 0 saturated carbocycles. The maximum absolute atomic E-state index is 12.3. The van der Waals surface area contributed by atoms with E-state index in [0.29, 0.717) is 33.5 Å². The minimum atomic E-state index is -0.332. The highest BCUT2D eigenvalue weighted by atomic mass is 35.5. The van der Waals surface area contributed by atoms with Crippen LogP contribution in [0.15, 0.2) is 36.4 Å². The van der Waals surface area contributed by atoms with E-state index >= 15 is 0 Å². The van der Waals surface area contributed by atoms with Gasteiger partial charge in [0.05, 0.1) is 19.9 Å². The van der Waals surface area contributed by atoms with Crippen molar-refractivity contribution in [3.63, 3.8) is 0 Å². The van der Waals surface area contributed by atoms with E-state index in [4.69, 9.17) is 26.8 Å². The molecule has 5 nitrogen and oxygen atoms in total. The lowest BCUT2D eigenvalue weighted by molar-refractivity contribution is 0.102. The number of amides is 1. The number of halogens is 1. The Morgan fingerprint density at radius 1 is 1.14 bits per heavy atom. The van der Waals surface area contributed by atoms with Crippen molar-refractivity contribution < 1.29 is 14.3 Å². The van der Waals surface area contributed by atoms with Crippen LogP contribution in [0.3, 0.4) is 0 Å². The molecule has 2 rings (SSSR count). The van der Waals surface area contributed by atoms with Crippen molar-refractivity contribution in [3.8, 4) is 11.5 Å². The number of hydrogen-bond acceptors (Lipinski definition) is 4. The van der Waals surface area contributed by atoms with Crippen molar-refractivity contribution in [2.45, 2.75) is 0 Å². The average molecular weight is 307 g/mol. The number of ether oxygens (including phenoxy) is 2. The van der Waals surface area contributed by atoms with E-state index in [-0.39, 0.29) is 5.91 Å². The van der Waals surface area contributed by atoms with Gasteiger partial charge in [0.15, 0.2) is 0 Å². The highest BCUT2D eigenvalue weighted by molar-refractivity contribution is 6.31. The molecule has 0 aromatic heterocycles. The van der Waals surface area contributed by atoms with E-state index in [1.165, 1.54) is 14.2 Å². The fourth-order valence-corrected chi connectivity index (χ4v) is 2.02. The Balaban J connectivity index is 2.30. The van der Waals surface area contributed by atoms with Gasteiger partial charge in [-0.1, -0.05) is 11.6 Å². The molecule has 0 spiro atoms. The first kappa shape index (κ1) is 15.0. The molecule has 0 aliphatic carbocycles. The summed E-state index contributed by atoms with van der Waals surface area (Å²) in [7, 11) is 3.03. The van der Waals surface area contributed by atoms with Gasteiger partial charge in [-0.3, -0.25) is 4.79 Å². The van der Waals surface area contributed by atoms with Crippen LogP contribution in [-0.4, -0.2) is 20.1 Å². The number of anilines is 2. The number of carbonyl (C=O) groups is 1. The largest absolute Gasteiger partial charge is 0.497 e. The van der Waals surface area contributed by atoms with Crippen LogP contribution in [-0.2, 0) is 0 Å². The van der Waals surface area contributed by atoms with Crippen molar-refractivity contribution in [2.24, 2.45) is 0 Å². The molecule has 0 saturated heterocycles. The number of carbonyl (C=O) groups excluding carboxylic acids is 1. The zero-order chi connectivity index (χ0) is 15.4. The maximum atomic E-state index is 12.3. The van der Waals surface area contributed by atoms with Crippen LogP contribution in [0.5, 0.6) is 11.5 Å². The van der Waals surface area contributed by atoms with Crippen LogP contribution in [0.25, 0.3) is 0 Å². The molecule has 0 radical (unpaired) electrons. The van der Waals surface area contributed by atoms with Crippen molar-refractivity contribution in [3.05, 3.63) is 47.0 Å². The fraction of sp³-hybridized carbons (Fsp3) is 0.133. The quantitative estimate of drug-likeness (QED) is 0.851. The Bertz CT molecular complexity index is 674. The van der Waals surface area contributed by atoms with E-state index in [9.17, 15) is 4.79 Å². The molecule has 6 heteroatoms. The molecule has 0 unspecified atom stereocenters. The lowest BCUT2D eigenvalue weighted by Crippen LogP contribution is -2.13. The van der Waals surface area contributed by atoms with Crippen molar-refractivity contribution in [2.75, 3.05) is 25.3 Å². The Morgan fingerprint density at radius 2 is 1.90 bits per heavy atom. The van der Waals surface area contributed by atoms with E-state index in [2.05, 4.69) is 5.32 Å². The van der Waals surface area contributed by atoms with E-state index in [1.807, 2.05) is 0 Å². The summed E-state index contributed by atoms with van der Waals surface area (Å²) in [6, 6.07) is 9.77. The zero-order valence-corrected chi connectivity index (χ0v) is 12.4. The lowest BCUT2D eigenvalue weighted by atomic mass is 10.1. The number of rotatable bonds is 4. The molecule has 0 heterocycles. The first-order chi connectivity index (χ1) is 10.0. The van der Waals surface area contributed by atoms with Crippen molar-refractivity contribution >= 4 is 28.9 Å². The number of hydrogen-bond donors (Lipinski definition) is 2. The summed E-state index contributed by atoms with van der Waals surface area (Å²) in [5.41, 5.74) is 7.05. The lowest BCUT2D eigenvalue weighted by Gasteiger charge is -2.11. The summed E-state index contributed by atoms with van der Waals surface area (Å²) in [5.74, 6) is 0.697. The fourth-order valence-electron chi connectivity index (χ4n) is 1.84. The smallest absolute Gasteiger partial charge is 0.255 e. The Kier molecular flexibility index (Phi) is 4.55. The standard InChI is InChI=1S/C15H15ClN2O3/c1-20-12-6-9(5-11(17)8-12)15(19)18-13-7-10(16)3-4-14(13)21-2/h3-8H,17H2,1-2H3,(H,18,19). The molecule has 0 bridgehead atoms. The van der Waals surface area contributed by atoms with Crippen LogP contribution < -0.4 is 20.5 Å². The normalized spacial score (nSPS) is 10.0. The van der Waals surface area contributed by atoms with Gasteiger partial charge < -0.3 is 20.5 Å². The Labute approximate surface area is 127 Å². The van der Waals surface area contributed by atoms with Crippen LogP contribution in [0.2, 0.25) is 5.02 Å².